The lowest BCUT2D eigenvalue weighted by atomic mass is 10.1. The fourth-order valence-electron chi connectivity index (χ4n) is 1.89. The molecule has 1 aromatic rings. The van der Waals surface area contributed by atoms with Gasteiger partial charge in [0.15, 0.2) is 0 Å². The van der Waals surface area contributed by atoms with Crippen molar-refractivity contribution in [3.8, 4) is 5.75 Å². The summed E-state index contributed by atoms with van der Waals surface area (Å²) in [7, 11) is 0. The van der Waals surface area contributed by atoms with Crippen LogP contribution in [0.1, 0.15) is 19.8 Å². The monoisotopic (exact) mass is 265 g/mol. The highest BCUT2D eigenvalue weighted by Gasteiger charge is 2.32. The highest BCUT2D eigenvalue weighted by atomic mass is 16.5. The normalized spacial score (nSPS) is 18.0. The molecular weight excluding hydrogens is 242 g/mol. The van der Waals surface area contributed by atoms with E-state index in [1.165, 1.54) is 12.8 Å². The summed E-state index contributed by atoms with van der Waals surface area (Å²) in [5.74, 6) is 0.854. The fourth-order valence-corrected chi connectivity index (χ4v) is 1.89. The van der Waals surface area contributed by atoms with Gasteiger partial charge in [0.2, 0.25) is 0 Å². The van der Waals surface area contributed by atoms with Gasteiger partial charge in [0.1, 0.15) is 12.4 Å². The van der Waals surface area contributed by atoms with Gasteiger partial charge in [0.05, 0.1) is 25.4 Å². The van der Waals surface area contributed by atoms with E-state index in [2.05, 4.69) is 5.32 Å². The van der Waals surface area contributed by atoms with Crippen molar-refractivity contribution in [2.75, 3.05) is 26.4 Å². The molecule has 1 aliphatic rings. The Morgan fingerprint density at radius 1 is 1.26 bits per heavy atom. The quantitative estimate of drug-likeness (QED) is 0.666. The van der Waals surface area contributed by atoms with E-state index < -0.39 is 0 Å². The number of para-hydroxylation sites is 1. The first kappa shape index (κ1) is 14.3. The second-order valence-electron chi connectivity index (χ2n) is 5.35. The van der Waals surface area contributed by atoms with Gasteiger partial charge in [-0.05, 0) is 31.9 Å². The molecule has 1 unspecified atom stereocenters. The maximum Gasteiger partial charge on any atom is 0.119 e. The van der Waals surface area contributed by atoms with E-state index in [4.69, 9.17) is 9.47 Å². The van der Waals surface area contributed by atoms with Crippen molar-refractivity contribution in [3.05, 3.63) is 30.3 Å². The second kappa shape index (κ2) is 6.89. The van der Waals surface area contributed by atoms with Crippen LogP contribution in [0.2, 0.25) is 0 Å². The van der Waals surface area contributed by atoms with Gasteiger partial charge < -0.3 is 19.9 Å². The summed E-state index contributed by atoms with van der Waals surface area (Å²) >= 11 is 0. The second-order valence-corrected chi connectivity index (χ2v) is 5.35. The summed E-state index contributed by atoms with van der Waals surface area (Å²) in [6.07, 6.45) is 2.40. The molecule has 2 rings (SSSR count). The van der Waals surface area contributed by atoms with E-state index in [0.29, 0.717) is 25.9 Å². The maximum atomic E-state index is 9.42. The Bertz CT molecular complexity index is 367. The Morgan fingerprint density at radius 2 is 2.00 bits per heavy atom. The molecule has 0 aliphatic heterocycles. The average molecular weight is 265 g/mol. The molecule has 1 aliphatic carbocycles. The molecule has 0 heterocycles. The third-order valence-corrected chi connectivity index (χ3v) is 3.14. The lowest BCUT2D eigenvalue weighted by Gasteiger charge is -2.28. The Balaban J connectivity index is 1.60. The van der Waals surface area contributed by atoms with E-state index in [1.807, 2.05) is 37.3 Å². The van der Waals surface area contributed by atoms with Gasteiger partial charge in [-0.15, -0.1) is 0 Å². The smallest absolute Gasteiger partial charge is 0.119 e. The third kappa shape index (κ3) is 5.19. The van der Waals surface area contributed by atoms with Crippen LogP contribution in [0.5, 0.6) is 5.75 Å². The highest BCUT2D eigenvalue weighted by molar-refractivity contribution is 5.20. The third-order valence-electron chi connectivity index (χ3n) is 3.14. The Labute approximate surface area is 114 Å². The summed E-state index contributed by atoms with van der Waals surface area (Å²) in [5.41, 5.74) is -0.339. The molecule has 0 bridgehead atoms. The molecule has 0 saturated heterocycles. The van der Waals surface area contributed by atoms with Crippen LogP contribution in [0.4, 0.5) is 0 Å². The molecular formula is C15H23NO3. The first-order valence-electron chi connectivity index (χ1n) is 6.86. The van der Waals surface area contributed by atoms with Crippen molar-refractivity contribution in [1.82, 2.24) is 5.32 Å². The largest absolute Gasteiger partial charge is 0.491 e. The molecule has 1 fully saturated rings. The maximum absolute atomic E-state index is 9.42. The Kier molecular flexibility index (Phi) is 5.19. The Morgan fingerprint density at radius 3 is 2.63 bits per heavy atom. The predicted molar refractivity (Wildman–Crippen MR) is 74.4 cm³/mol. The van der Waals surface area contributed by atoms with Gasteiger partial charge in [-0.25, -0.2) is 0 Å². The molecule has 0 radical (unpaired) electrons. The zero-order valence-corrected chi connectivity index (χ0v) is 11.5. The molecule has 106 valence electrons. The first-order valence-corrected chi connectivity index (χ1v) is 6.86. The van der Waals surface area contributed by atoms with Crippen molar-refractivity contribution in [1.29, 1.82) is 0 Å². The summed E-state index contributed by atoms with van der Waals surface area (Å²) in [4.78, 5) is 0. The van der Waals surface area contributed by atoms with Gasteiger partial charge in [-0.2, -0.15) is 0 Å². The minimum atomic E-state index is -0.339. The summed E-state index contributed by atoms with van der Waals surface area (Å²) in [6, 6.07) is 10.2. The first-order chi connectivity index (χ1) is 9.22. The number of aliphatic hydroxyl groups excluding tert-OH is 1. The van der Waals surface area contributed by atoms with Gasteiger partial charge in [-0.3, -0.25) is 0 Å². The van der Waals surface area contributed by atoms with Crippen molar-refractivity contribution in [2.24, 2.45) is 0 Å². The van der Waals surface area contributed by atoms with Gasteiger partial charge in [0.25, 0.3) is 0 Å². The SMILES string of the molecule is CC(CO)(COCCOc1ccccc1)NC1CC1. The average Bonchev–Trinajstić information content (AvgIpc) is 3.23. The lowest BCUT2D eigenvalue weighted by molar-refractivity contribution is 0.0305. The molecule has 1 aromatic carbocycles. The van der Waals surface area contributed by atoms with Gasteiger partial charge >= 0.3 is 0 Å². The van der Waals surface area contributed by atoms with E-state index >= 15 is 0 Å². The summed E-state index contributed by atoms with van der Waals surface area (Å²) in [5, 5.41) is 12.8. The van der Waals surface area contributed by atoms with Crippen molar-refractivity contribution < 1.29 is 14.6 Å². The predicted octanol–water partition coefficient (Wildman–Crippen LogP) is 1.59. The number of hydrogen-bond donors (Lipinski definition) is 2. The fraction of sp³-hybridized carbons (Fsp3) is 0.600. The Hall–Kier alpha value is -1.10. The zero-order chi connectivity index (χ0) is 13.6. The van der Waals surface area contributed by atoms with E-state index in [0.717, 1.165) is 5.75 Å². The summed E-state index contributed by atoms with van der Waals surface area (Å²) < 4.78 is 11.1. The number of hydrogen-bond acceptors (Lipinski definition) is 4. The molecule has 4 heteroatoms. The van der Waals surface area contributed by atoms with Crippen LogP contribution in [0.25, 0.3) is 0 Å². The van der Waals surface area contributed by atoms with E-state index in [-0.39, 0.29) is 12.1 Å². The minimum absolute atomic E-state index is 0.0864. The van der Waals surface area contributed by atoms with Gasteiger partial charge in [0, 0.05) is 6.04 Å². The number of rotatable bonds is 9. The topological polar surface area (TPSA) is 50.7 Å². The van der Waals surface area contributed by atoms with Crippen LogP contribution in [0.3, 0.4) is 0 Å². The molecule has 19 heavy (non-hydrogen) atoms. The molecule has 2 N–H and O–H groups in total. The van der Waals surface area contributed by atoms with Crippen LogP contribution >= 0.6 is 0 Å². The number of ether oxygens (including phenoxy) is 2. The summed E-state index contributed by atoms with van der Waals surface area (Å²) in [6.45, 7) is 3.62. The van der Waals surface area contributed by atoms with E-state index in [9.17, 15) is 5.11 Å². The molecule has 0 spiro atoms. The van der Waals surface area contributed by atoms with E-state index in [1.54, 1.807) is 0 Å². The molecule has 4 nitrogen and oxygen atoms in total. The van der Waals surface area contributed by atoms with Crippen LogP contribution in [-0.2, 0) is 4.74 Å². The van der Waals surface area contributed by atoms with Crippen molar-refractivity contribution in [3.63, 3.8) is 0 Å². The van der Waals surface area contributed by atoms with Crippen molar-refractivity contribution >= 4 is 0 Å². The number of nitrogens with one attached hydrogen (secondary N) is 1. The lowest BCUT2D eigenvalue weighted by Crippen LogP contribution is -2.50. The van der Waals surface area contributed by atoms with Crippen LogP contribution in [-0.4, -0.2) is 43.1 Å². The zero-order valence-electron chi connectivity index (χ0n) is 11.5. The highest BCUT2D eigenvalue weighted by Crippen LogP contribution is 2.22. The number of benzene rings is 1. The van der Waals surface area contributed by atoms with Gasteiger partial charge in [-0.1, -0.05) is 18.2 Å². The molecule has 0 amide bonds. The molecule has 0 aromatic heterocycles. The van der Waals surface area contributed by atoms with Crippen LogP contribution in [0, 0.1) is 0 Å². The van der Waals surface area contributed by atoms with Crippen LogP contribution in [0.15, 0.2) is 30.3 Å². The standard InChI is InChI=1S/C15H23NO3/c1-15(11-17,16-13-7-8-13)12-18-9-10-19-14-5-3-2-4-6-14/h2-6,13,16-17H,7-12H2,1H3. The molecule has 1 atom stereocenters. The minimum Gasteiger partial charge on any atom is -0.491 e. The molecule has 1 saturated carbocycles. The van der Waals surface area contributed by atoms with Crippen molar-refractivity contribution in [2.45, 2.75) is 31.3 Å². The number of aliphatic hydroxyl groups is 1. The van der Waals surface area contributed by atoms with Crippen LogP contribution < -0.4 is 10.1 Å².